The zero-order valence-electron chi connectivity index (χ0n) is 12.7. The van der Waals surface area contributed by atoms with Crippen LogP contribution < -0.4 is 0 Å². The van der Waals surface area contributed by atoms with Gasteiger partial charge in [-0.25, -0.2) is 4.39 Å². The summed E-state index contributed by atoms with van der Waals surface area (Å²) in [7, 11) is 0. The van der Waals surface area contributed by atoms with E-state index in [1.54, 1.807) is 12.1 Å². The highest BCUT2D eigenvalue weighted by atomic mass is 79.9. The van der Waals surface area contributed by atoms with Gasteiger partial charge >= 0.3 is 5.97 Å². The van der Waals surface area contributed by atoms with E-state index in [9.17, 15) is 9.18 Å². The lowest BCUT2D eigenvalue weighted by Gasteiger charge is -2.27. The molecule has 0 radical (unpaired) electrons. The van der Waals surface area contributed by atoms with Crippen LogP contribution in [0.15, 0.2) is 53.0 Å². The topological polar surface area (TPSA) is 26.3 Å². The molecule has 120 valence electrons. The van der Waals surface area contributed by atoms with Gasteiger partial charge in [0.25, 0.3) is 0 Å². The Morgan fingerprint density at radius 1 is 1.04 bits per heavy atom. The van der Waals surface area contributed by atoms with Crippen LogP contribution in [0.4, 0.5) is 4.39 Å². The van der Waals surface area contributed by atoms with Crippen molar-refractivity contribution in [3.63, 3.8) is 0 Å². The molecule has 3 rings (SSSR count). The number of hydrogen-bond donors (Lipinski definition) is 0. The van der Waals surface area contributed by atoms with Gasteiger partial charge in [-0.05, 0) is 48.2 Å². The van der Waals surface area contributed by atoms with Gasteiger partial charge in [0, 0.05) is 4.47 Å². The third kappa shape index (κ3) is 3.47. The summed E-state index contributed by atoms with van der Waals surface area (Å²) in [6, 6.07) is 14.0. The van der Waals surface area contributed by atoms with E-state index in [0.29, 0.717) is 0 Å². The molecule has 0 atom stereocenters. The number of benzene rings is 2. The highest BCUT2D eigenvalue weighted by Gasteiger charge is 2.44. The Bertz CT molecular complexity index is 674. The van der Waals surface area contributed by atoms with E-state index in [1.807, 2.05) is 24.3 Å². The van der Waals surface area contributed by atoms with Crippen LogP contribution in [0.25, 0.3) is 0 Å². The van der Waals surface area contributed by atoms with Crippen molar-refractivity contribution in [2.45, 2.75) is 37.7 Å². The molecular weight excluding hydrogens is 359 g/mol. The zero-order valence-corrected chi connectivity index (χ0v) is 14.3. The summed E-state index contributed by atoms with van der Waals surface area (Å²) < 4.78 is 19.8. The first-order chi connectivity index (χ1) is 11.1. The molecule has 0 aromatic heterocycles. The number of esters is 1. The Morgan fingerprint density at radius 3 is 2.26 bits per heavy atom. The van der Waals surface area contributed by atoms with Crippen LogP contribution in [0.1, 0.15) is 36.8 Å². The molecule has 0 unspecified atom stereocenters. The van der Waals surface area contributed by atoms with Gasteiger partial charge < -0.3 is 4.74 Å². The van der Waals surface area contributed by atoms with Crippen molar-refractivity contribution in [3.8, 4) is 0 Å². The fourth-order valence-electron chi connectivity index (χ4n) is 3.23. The Morgan fingerprint density at radius 2 is 1.65 bits per heavy atom. The van der Waals surface area contributed by atoms with Crippen molar-refractivity contribution in [2.24, 2.45) is 0 Å². The standard InChI is InChI=1S/C19H18BrFO2/c20-16-7-3-14(4-8-16)13-23-18(22)19(11-1-2-12-19)15-5-9-17(21)10-6-15/h3-10H,1-2,11-13H2. The minimum Gasteiger partial charge on any atom is -0.460 e. The summed E-state index contributed by atoms with van der Waals surface area (Å²) in [6.07, 6.45) is 3.51. The molecule has 0 aliphatic heterocycles. The normalized spacial score (nSPS) is 16.3. The molecule has 0 spiro atoms. The maximum absolute atomic E-state index is 13.2. The minimum atomic E-state index is -0.622. The van der Waals surface area contributed by atoms with Crippen LogP contribution in [-0.2, 0) is 21.6 Å². The molecule has 0 amide bonds. The van der Waals surface area contributed by atoms with Crippen LogP contribution in [0.3, 0.4) is 0 Å². The number of hydrogen-bond acceptors (Lipinski definition) is 2. The molecule has 1 fully saturated rings. The molecule has 1 aliphatic rings. The van der Waals surface area contributed by atoms with Crippen molar-refractivity contribution >= 4 is 21.9 Å². The van der Waals surface area contributed by atoms with Crippen LogP contribution in [-0.4, -0.2) is 5.97 Å². The molecule has 0 saturated heterocycles. The van der Waals surface area contributed by atoms with E-state index in [4.69, 9.17) is 4.74 Å². The molecule has 2 aromatic rings. The second kappa shape index (κ2) is 6.83. The fraction of sp³-hybridized carbons (Fsp3) is 0.316. The van der Waals surface area contributed by atoms with Crippen LogP contribution in [0, 0.1) is 5.82 Å². The number of rotatable bonds is 4. The minimum absolute atomic E-state index is 0.204. The first kappa shape index (κ1) is 16.2. The highest BCUT2D eigenvalue weighted by molar-refractivity contribution is 9.10. The maximum atomic E-state index is 13.2. The van der Waals surface area contributed by atoms with Gasteiger partial charge in [0.15, 0.2) is 0 Å². The summed E-state index contributed by atoms with van der Waals surface area (Å²) in [4.78, 5) is 12.8. The summed E-state index contributed by atoms with van der Waals surface area (Å²) >= 11 is 3.39. The molecule has 4 heteroatoms. The van der Waals surface area contributed by atoms with Crippen molar-refractivity contribution in [1.29, 1.82) is 0 Å². The molecule has 1 aliphatic carbocycles. The zero-order chi connectivity index (χ0) is 16.3. The predicted molar refractivity (Wildman–Crippen MR) is 90.5 cm³/mol. The average molecular weight is 377 g/mol. The molecule has 2 nitrogen and oxygen atoms in total. The van der Waals surface area contributed by atoms with E-state index in [0.717, 1.165) is 41.3 Å². The van der Waals surface area contributed by atoms with E-state index in [1.165, 1.54) is 12.1 Å². The first-order valence-electron chi connectivity index (χ1n) is 7.78. The van der Waals surface area contributed by atoms with E-state index in [2.05, 4.69) is 15.9 Å². The van der Waals surface area contributed by atoms with Crippen LogP contribution in [0.2, 0.25) is 0 Å². The third-order valence-corrected chi connectivity index (χ3v) is 5.06. The van der Waals surface area contributed by atoms with Gasteiger partial charge in [-0.15, -0.1) is 0 Å². The molecule has 1 saturated carbocycles. The third-order valence-electron chi connectivity index (χ3n) is 4.53. The largest absolute Gasteiger partial charge is 0.460 e. The maximum Gasteiger partial charge on any atom is 0.316 e. The molecule has 2 aromatic carbocycles. The number of carbonyl (C=O) groups excluding carboxylic acids is 1. The second-order valence-corrected chi connectivity index (χ2v) is 6.91. The molecule has 23 heavy (non-hydrogen) atoms. The van der Waals surface area contributed by atoms with Gasteiger partial charge in [0.2, 0.25) is 0 Å². The predicted octanol–water partition coefficient (Wildman–Crippen LogP) is 5.14. The molecule has 0 bridgehead atoms. The van der Waals surface area contributed by atoms with E-state index < -0.39 is 5.41 Å². The first-order valence-corrected chi connectivity index (χ1v) is 8.57. The van der Waals surface area contributed by atoms with Gasteiger partial charge in [0.1, 0.15) is 12.4 Å². The van der Waals surface area contributed by atoms with Crippen molar-refractivity contribution in [1.82, 2.24) is 0 Å². The average Bonchev–Trinajstić information content (AvgIpc) is 3.06. The summed E-state index contributed by atoms with van der Waals surface area (Å²) in [5.41, 5.74) is 1.19. The molecule has 0 N–H and O–H groups in total. The van der Waals surface area contributed by atoms with Crippen molar-refractivity contribution < 1.29 is 13.9 Å². The number of carbonyl (C=O) groups is 1. The van der Waals surface area contributed by atoms with Gasteiger partial charge in [0.05, 0.1) is 5.41 Å². The summed E-state index contributed by atoms with van der Waals surface area (Å²) in [5, 5.41) is 0. The smallest absolute Gasteiger partial charge is 0.316 e. The van der Waals surface area contributed by atoms with E-state index in [-0.39, 0.29) is 18.4 Å². The highest BCUT2D eigenvalue weighted by Crippen LogP contribution is 2.42. The Balaban J connectivity index is 1.76. The van der Waals surface area contributed by atoms with Crippen molar-refractivity contribution in [3.05, 3.63) is 69.9 Å². The lowest BCUT2D eigenvalue weighted by atomic mass is 9.79. The van der Waals surface area contributed by atoms with Gasteiger partial charge in [-0.1, -0.05) is 53.0 Å². The Hall–Kier alpha value is -1.68. The summed E-state index contributed by atoms with van der Waals surface area (Å²) in [5.74, 6) is -0.491. The SMILES string of the molecule is O=C(OCc1ccc(Br)cc1)C1(c2ccc(F)cc2)CCCC1. The Kier molecular flexibility index (Phi) is 4.81. The van der Waals surface area contributed by atoms with E-state index >= 15 is 0 Å². The second-order valence-electron chi connectivity index (χ2n) is 6.00. The van der Waals surface area contributed by atoms with Crippen LogP contribution >= 0.6 is 15.9 Å². The van der Waals surface area contributed by atoms with Crippen molar-refractivity contribution in [2.75, 3.05) is 0 Å². The van der Waals surface area contributed by atoms with Gasteiger partial charge in [-0.3, -0.25) is 4.79 Å². The van der Waals surface area contributed by atoms with Gasteiger partial charge in [-0.2, -0.15) is 0 Å². The lowest BCUT2D eigenvalue weighted by molar-refractivity contribution is -0.152. The Labute approximate surface area is 143 Å². The monoisotopic (exact) mass is 376 g/mol. The summed E-state index contributed by atoms with van der Waals surface area (Å²) in [6.45, 7) is 0.259. The van der Waals surface area contributed by atoms with Crippen LogP contribution in [0.5, 0.6) is 0 Å². The number of ether oxygens (including phenoxy) is 1. The lowest BCUT2D eigenvalue weighted by Crippen LogP contribution is -2.34. The molecule has 0 heterocycles. The number of halogens is 2. The quantitative estimate of drug-likeness (QED) is 0.690. The fourth-order valence-corrected chi connectivity index (χ4v) is 3.49. The molecular formula is C19H18BrFO2.